The Morgan fingerprint density at radius 1 is 1.14 bits per heavy atom. The summed E-state index contributed by atoms with van der Waals surface area (Å²) in [6.45, 7) is 2.04. The Hall–Kier alpha value is -2.70. The van der Waals surface area contributed by atoms with Crippen molar-refractivity contribution in [3.63, 3.8) is 0 Å². The lowest BCUT2D eigenvalue weighted by atomic mass is 10.1. The third kappa shape index (κ3) is 3.30. The van der Waals surface area contributed by atoms with Gasteiger partial charge in [0.1, 0.15) is 0 Å². The van der Waals surface area contributed by atoms with E-state index in [1.165, 1.54) is 21.3 Å². The van der Waals surface area contributed by atoms with Crippen LogP contribution in [0.3, 0.4) is 0 Å². The highest BCUT2D eigenvalue weighted by Crippen LogP contribution is 2.38. The monoisotopic (exact) mass is 306 g/mol. The first-order valence-corrected chi connectivity index (χ1v) is 6.59. The summed E-state index contributed by atoms with van der Waals surface area (Å²) in [6.07, 6.45) is 0. The van der Waals surface area contributed by atoms with E-state index in [2.05, 4.69) is 10.5 Å². The summed E-state index contributed by atoms with van der Waals surface area (Å²) in [5.41, 5.74) is 1.46. The van der Waals surface area contributed by atoms with Gasteiger partial charge in [-0.25, -0.2) is 0 Å². The normalized spacial score (nSPS) is 10.2. The molecule has 0 unspecified atom stereocenters. The lowest BCUT2D eigenvalue weighted by Crippen LogP contribution is -2.22. The van der Waals surface area contributed by atoms with Crippen molar-refractivity contribution in [2.75, 3.05) is 21.3 Å². The molecule has 22 heavy (non-hydrogen) atoms. The molecule has 2 rings (SSSR count). The van der Waals surface area contributed by atoms with E-state index in [4.69, 9.17) is 18.7 Å². The van der Waals surface area contributed by atoms with Crippen LogP contribution in [0.15, 0.2) is 22.7 Å². The second-order valence-corrected chi connectivity index (χ2v) is 4.55. The third-order valence-electron chi connectivity index (χ3n) is 3.03. The fourth-order valence-corrected chi connectivity index (χ4v) is 1.98. The van der Waals surface area contributed by atoms with Gasteiger partial charge >= 0.3 is 0 Å². The minimum absolute atomic E-state index is 0.171. The van der Waals surface area contributed by atoms with Crippen molar-refractivity contribution in [1.82, 2.24) is 10.5 Å². The van der Waals surface area contributed by atoms with E-state index in [0.717, 1.165) is 5.56 Å². The number of ether oxygens (including phenoxy) is 3. The molecule has 0 aliphatic rings. The second-order valence-electron chi connectivity index (χ2n) is 4.55. The highest BCUT2D eigenvalue weighted by molar-refractivity contribution is 5.91. The molecule has 0 fully saturated rings. The first kappa shape index (κ1) is 15.7. The van der Waals surface area contributed by atoms with Crippen molar-refractivity contribution < 1.29 is 23.5 Å². The number of rotatable bonds is 6. The Balaban J connectivity index is 2.14. The van der Waals surface area contributed by atoms with Gasteiger partial charge in [0, 0.05) is 12.6 Å². The molecule has 0 radical (unpaired) electrons. The van der Waals surface area contributed by atoms with Gasteiger partial charge in [-0.3, -0.25) is 4.79 Å². The topological polar surface area (TPSA) is 82.8 Å². The van der Waals surface area contributed by atoms with Crippen LogP contribution in [0.4, 0.5) is 0 Å². The number of carbonyl (C=O) groups is 1. The number of amides is 1. The van der Waals surface area contributed by atoms with Crippen LogP contribution in [0.25, 0.3) is 0 Å². The van der Waals surface area contributed by atoms with Crippen LogP contribution >= 0.6 is 0 Å². The number of hydrogen-bond acceptors (Lipinski definition) is 6. The summed E-state index contributed by atoms with van der Waals surface area (Å²) >= 11 is 0. The summed E-state index contributed by atoms with van der Waals surface area (Å²) in [5, 5.41) is 6.42. The summed E-state index contributed by atoms with van der Waals surface area (Å²) in [5.74, 6) is 1.40. The zero-order valence-electron chi connectivity index (χ0n) is 12.9. The van der Waals surface area contributed by atoms with Gasteiger partial charge < -0.3 is 24.1 Å². The maximum absolute atomic E-state index is 11.9. The first-order chi connectivity index (χ1) is 10.6. The number of carbonyl (C=O) groups excluding carboxylic acids is 1. The predicted molar refractivity (Wildman–Crippen MR) is 78.5 cm³/mol. The zero-order chi connectivity index (χ0) is 16.1. The van der Waals surface area contributed by atoms with E-state index in [0.29, 0.717) is 22.9 Å². The fourth-order valence-electron chi connectivity index (χ4n) is 1.98. The molecule has 1 amide bonds. The van der Waals surface area contributed by atoms with Crippen molar-refractivity contribution in [3.8, 4) is 17.2 Å². The van der Waals surface area contributed by atoms with E-state index in [1.807, 2.05) is 0 Å². The van der Waals surface area contributed by atoms with Crippen LogP contribution in [-0.2, 0) is 6.54 Å². The maximum Gasteiger partial charge on any atom is 0.290 e. The SMILES string of the molecule is COc1cc(CNC(=O)c2cc(C)no2)cc(OC)c1OC. The molecule has 118 valence electrons. The molecule has 1 heterocycles. The van der Waals surface area contributed by atoms with E-state index >= 15 is 0 Å². The Morgan fingerprint density at radius 2 is 1.77 bits per heavy atom. The van der Waals surface area contributed by atoms with E-state index in [1.54, 1.807) is 25.1 Å². The quantitative estimate of drug-likeness (QED) is 0.878. The zero-order valence-corrected chi connectivity index (χ0v) is 12.9. The van der Waals surface area contributed by atoms with E-state index in [9.17, 15) is 4.79 Å². The number of aryl methyl sites for hydroxylation is 1. The molecule has 1 aromatic carbocycles. The molecule has 7 nitrogen and oxygen atoms in total. The third-order valence-corrected chi connectivity index (χ3v) is 3.03. The summed E-state index contributed by atoms with van der Waals surface area (Å²) < 4.78 is 20.7. The van der Waals surface area contributed by atoms with Crippen molar-refractivity contribution >= 4 is 5.91 Å². The molecule has 1 aromatic heterocycles. The second kappa shape index (κ2) is 6.84. The van der Waals surface area contributed by atoms with Gasteiger partial charge in [0.15, 0.2) is 11.5 Å². The Kier molecular flexibility index (Phi) is 4.88. The average molecular weight is 306 g/mol. The van der Waals surface area contributed by atoms with Gasteiger partial charge in [-0.05, 0) is 24.6 Å². The summed E-state index contributed by atoms with van der Waals surface area (Å²) in [6, 6.07) is 5.12. The summed E-state index contributed by atoms with van der Waals surface area (Å²) in [4.78, 5) is 11.9. The molecule has 0 aliphatic carbocycles. The Morgan fingerprint density at radius 3 is 2.23 bits per heavy atom. The molecule has 0 saturated carbocycles. The van der Waals surface area contributed by atoms with Crippen molar-refractivity contribution in [2.45, 2.75) is 13.5 Å². The van der Waals surface area contributed by atoms with E-state index < -0.39 is 0 Å². The van der Waals surface area contributed by atoms with E-state index in [-0.39, 0.29) is 18.2 Å². The van der Waals surface area contributed by atoms with Gasteiger partial charge in [0.05, 0.1) is 27.0 Å². The highest BCUT2D eigenvalue weighted by atomic mass is 16.5. The van der Waals surface area contributed by atoms with Crippen molar-refractivity contribution in [3.05, 3.63) is 35.2 Å². The molecular formula is C15H18N2O5. The molecule has 0 atom stereocenters. The minimum atomic E-state index is -0.339. The van der Waals surface area contributed by atoms with Crippen LogP contribution in [0.5, 0.6) is 17.2 Å². The number of aromatic nitrogens is 1. The number of nitrogens with zero attached hydrogens (tertiary/aromatic N) is 1. The average Bonchev–Trinajstić information content (AvgIpc) is 2.97. The molecule has 1 N–H and O–H groups in total. The first-order valence-electron chi connectivity index (χ1n) is 6.59. The maximum atomic E-state index is 11.9. The standard InChI is InChI=1S/C15H18N2O5/c1-9-5-13(22-17-9)15(18)16-8-10-6-11(19-2)14(21-4)12(7-10)20-3/h5-7H,8H2,1-4H3,(H,16,18). The summed E-state index contributed by atoms with van der Waals surface area (Å²) in [7, 11) is 4.61. The number of methoxy groups -OCH3 is 3. The largest absolute Gasteiger partial charge is 0.493 e. The highest BCUT2D eigenvalue weighted by Gasteiger charge is 2.15. The molecule has 0 aliphatic heterocycles. The lowest BCUT2D eigenvalue weighted by Gasteiger charge is -2.14. The molecule has 7 heteroatoms. The number of hydrogen-bond donors (Lipinski definition) is 1. The Labute approximate surface area is 128 Å². The molecule has 0 saturated heterocycles. The predicted octanol–water partition coefficient (Wildman–Crippen LogP) is 1.94. The molecular weight excluding hydrogens is 288 g/mol. The van der Waals surface area contributed by atoms with Crippen LogP contribution in [-0.4, -0.2) is 32.4 Å². The smallest absolute Gasteiger partial charge is 0.290 e. The molecule has 2 aromatic rings. The lowest BCUT2D eigenvalue weighted by molar-refractivity contribution is 0.0914. The number of benzene rings is 1. The van der Waals surface area contributed by atoms with Gasteiger partial charge in [0.25, 0.3) is 5.91 Å². The Bertz CT molecular complexity index is 641. The van der Waals surface area contributed by atoms with Gasteiger partial charge in [-0.1, -0.05) is 5.16 Å². The van der Waals surface area contributed by atoms with Gasteiger partial charge in [0.2, 0.25) is 11.5 Å². The van der Waals surface area contributed by atoms with Crippen LogP contribution in [0, 0.1) is 6.92 Å². The fraction of sp³-hybridized carbons (Fsp3) is 0.333. The van der Waals surface area contributed by atoms with Gasteiger partial charge in [-0.15, -0.1) is 0 Å². The molecule has 0 spiro atoms. The van der Waals surface area contributed by atoms with Crippen molar-refractivity contribution in [2.24, 2.45) is 0 Å². The number of nitrogens with one attached hydrogen (secondary N) is 1. The van der Waals surface area contributed by atoms with Crippen LogP contribution in [0.1, 0.15) is 21.8 Å². The van der Waals surface area contributed by atoms with Crippen molar-refractivity contribution in [1.29, 1.82) is 0 Å². The van der Waals surface area contributed by atoms with Gasteiger partial charge in [-0.2, -0.15) is 0 Å². The van der Waals surface area contributed by atoms with Crippen LogP contribution < -0.4 is 19.5 Å². The minimum Gasteiger partial charge on any atom is -0.493 e. The molecule has 0 bridgehead atoms. The van der Waals surface area contributed by atoms with Crippen LogP contribution in [0.2, 0.25) is 0 Å².